The molecular weight excluding hydrogens is 335 g/mol. The predicted octanol–water partition coefficient (Wildman–Crippen LogP) is 1.17. The van der Waals surface area contributed by atoms with Gasteiger partial charge in [0.2, 0.25) is 0 Å². The Kier molecular flexibility index (Phi) is 4.77. The van der Waals surface area contributed by atoms with Crippen LogP contribution in [0.5, 0.6) is 0 Å². The number of carbonyl (C=O) groups excluding carboxylic acids is 1. The molecule has 0 radical (unpaired) electrons. The second-order valence-corrected chi connectivity index (χ2v) is 7.25. The summed E-state index contributed by atoms with van der Waals surface area (Å²) >= 11 is 0. The Hall–Kier alpha value is -0.590. The zero-order valence-electron chi connectivity index (χ0n) is 13.3. The van der Waals surface area contributed by atoms with Crippen molar-refractivity contribution in [3.8, 4) is 0 Å². The molecule has 0 unspecified atom stereocenters. The maximum Gasteiger partial charge on any atom is 1.00 e. The molecule has 4 aliphatic carbocycles. The van der Waals surface area contributed by atoms with Gasteiger partial charge in [0.1, 0.15) is 5.60 Å². The largest absolute Gasteiger partial charge is 1.00 e. The zero-order valence-corrected chi connectivity index (χ0v) is 15.3. The summed E-state index contributed by atoms with van der Waals surface area (Å²) in [5.41, 5.74) is -2.04. The van der Waals surface area contributed by atoms with E-state index in [1.54, 1.807) is 0 Å². The van der Waals surface area contributed by atoms with Gasteiger partial charge in [-0.3, -0.25) is 8.78 Å². The molecule has 0 aliphatic heterocycles. The van der Waals surface area contributed by atoms with Crippen LogP contribution in [0, 0.1) is 47.1 Å². The number of esters is 1. The number of hydrogen-bond acceptors (Lipinski definition) is 2. The first-order valence-electron chi connectivity index (χ1n) is 7.85. The minimum Gasteiger partial charge on any atom is -0.457 e. The van der Waals surface area contributed by atoms with Gasteiger partial charge in [0.25, 0.3) is 0 Å². The normalized spacial score (nSPS) is 33.2. The van der Waals surface area contributed by atoms with E-state index in [2.05, 4.69) is 0 Å². The maximum atomic E-state index is 13.7. The Morgan fingerprint density at radius 3 is 1.75 bits per heavy atom. The van der Waals surface area contributed by atoms with E-state index >= 15 is 0 Å². The molecule has 0 saturated heterocycles. The third-order valence-corrected chi connectivity index (χ3v) is 5.54. The summed E-state index contributed by atoms with van der Waals surface area (Å²) in [6, 6.07) is 1.27. The topological polar surface area (TPSA) is 26.3 Å². The first kappa shape index (κ1) is 18.2. The van der Waals surface area contributed by atoms with Crippen LogP contribution in [0.3, 0.4) is 0 Å². The van der Waals surface area contributed by atoms with Crippen LogP contribution < -0.4 is 29.6 Å². The van der Waals surface area contributed by atoms with Gasteiger partial charge in [-0.15, -0.1) is 6.07 Å². The van der Waals surface area contributed by atoms with Gasteiger partial charge in [-0.25, -0.2) is 13.6 Å². The van der Waals surface area contributed by atoms with Crippen LogP contribution in [0.15, 0.2) is 0 Å². The zero-order chi connectivity index (χ0) is 16.4. The summed E-state index contributed by atoms with van der Waals surface area (Å²) in [5, 5.41) is 0. The van der Waals surface area contributed by atoms with Crippen molar-refractivity contribution in [1.82, 2.24) is 0 Å². The number of carbonyl (C=O) groups is 1. The van der Waals surface area contributed by atoms with E-state index < -0.39 is 40.4 Å². The Morgan fingerprint density at radius 2 is 1.33 bits per heavy atom. The van der Waals surface area contributed by atoms with Crippen LogP contribution in [-0.2, 0) is 4.74 Å². The number of ether oxygens (including phenoxy) is 1. The fourth-order valence-corrected chi connectivity index (χ4v) is 5.11. The predicted molar refractivity (Wildman–Crippen MR) is 71.4 cm³/mol. The van der Waals surface area contributed by atoms with Gasteiger partial charge in [0.05, 0.1) is 11.6 Å². The SMILES string of the molecule is O=C(OC12CC3CC(CC(C3)C1)C2)c1c(F)c(F)[c-]c(F)c1F.[Na+]. The average molecular weight is 350 g/mol. The van der Waals surface area contributed by atoms with Crippen LogP contribution >= 0.6 is 0 Å². The monoisotopic (exact) mass is 350 g/mol. The number of rotatable bonds is 2. The number of benzene rings is 1. The van der Waals surface area contributed by atoms with Crippen LogP contribution in [-0.4, -0.2) is 11.6 Å². The van der Waals surface area contributed by atoms with E-state index in [0.717, 1.165) is 19.3 Å². The maximum absolute atomic E-state index is 13.7. The van der Waals surface area contributed by atoms with Gasteiger partial charge in [-0.2, -0.15) is 0 Å². The first-order valence-corrected chi connectivity index (χ1v) is 7.85. The van der Waals surface area contributed by atoms with Crippen molar-refractivity contribution in [3.63, 3.8) is 0 Å². The molecule has 1 aromatic rings. The second-order valence-electron chi connectivity index (χ2n) is 7.25. The molecule has 4 saturated carbocycles. The van der Waals surface area contributed by atoms with E-state index in [1.165, 1.54) is 6.07 Å². The van der Waals surface area contributed by atoms with Gasteiger partial charge in [0, 0.05) is 17.2 Å². The summed E-state index contributed by atoms with van der Waals surface area (Å²) < 4.78 is 59.4. The molecule has 2 nitrogen and oxygen atoms in total. The summed E-state index contributed by atoms with van der Waals surface area (Å²) in [6.07, 6.45) is 5.29. The van der Waals surface area contributed by atoms with Crippen LogP contribution in [0.2, 0.25) is 0 Å². The summed E-state index contributed by atoms with van der Waals surface area (Å²) in [7, 11) is 0. The third-order valence-electron chi connectivity index (χ3n) is 5.54. The van der Waals surface area contributed by atoms with Gasteiger partial charge in [-0.1, -0.05) is 0 Å². The number of halogens is 4. The van der Waals surface area contributed by atoms with Gasteiger partial charge in [-0.05, 0) is 56.3 Å². The quantitative estimate of drug-likeness (QED) is 0.263. The molecular formula is C17H15F4NaO2. The molecule has 4 bridgehead atoms. The van der Waals surface area contributed by atoms with E-state index in [4.69, 9.17) is 4.74 Å². The van der Waals surface area contributed by atoms with Gasteiger partial charge in [0.15, 0.2) is 0 Å². The minimum absolute atomic E-state index is 0. The molecule has 0 amide bonds. The standard InChI is InChI=1S/C17H15F4O2.Na/c18-11-4-12(19)15(21)13(14(11)20)16(22)23-17-5-8-1-9(6-17)3-10(2-8)7-17;/h8-10H,1-3,5-7H2;/q-1;+1. The van der Waals surface area contributed by atoms with E-state index in [-0.39, 0.29) is 29.6 Å². The molecule has 0 heterocycles. The smallest absolute Gasteiger partial charge is 0.457 e. The Bertz CT molecular complexity index is 630. The molecule has 0 atom stereocenters. The minimum atomic E-state index is -1.75. The summed E-state index contributed by atoms with van der Waals surface area (Å²) in [6.45, 7) is 0. The number of hydrogen-bond donors (Lipinski definition) is 0. The van der Waals surface area contributed by atoms with Crippen molar-refractivity contribution in [2.45, 2.75) is 44.1 Å². The van der Waals surface area contributed by atoms with Crippen LogP contribution in [0.25, 0.3) is 0 Å². The van der Waals surface area contributed by atoms with E-state index in [0.29, 0.717) is 37.0 Å². The molecule has 24 heavy (non-hydrogen) atoms. The van der Waals surface area contributed by atoms with Crippen molar-refractivity contribution >= 4 is 5.97 Å². The summed E-state index contributed by atoms with van der Waals surface area (Å²) in [4.78, 5) is 12.2. The Labute approximate surface area is 159 Å². The molecule has 0 spiro atoms. The van der Waals surface area contributed by atoms with Crippen molar-refractivity contribution in [2.24, 2.45) is 17.8 Å². The van der Waals surface area contributed by atoms with Gasteiger partial charge < -0.3 is 4.74 Å². The fraction of sp³-hybridized carbons (Fsp3) is 0.588. The molecule has 0 N–H and O–H groups in total. The molecule has 124 valence electrons. The Morgan fingerprint density at radius 1 is 0.917 bits per heavy atom. The second kappa shape index (κ2) is 6.29. The first-order chi connectivity index (χ1) is 10.9. The molecule has 5 rings (SSSR count). The molecule has 4 fully saturated rings. The van der Waals surface area contributed by atoms with E-state index in [1.807, 2.05) is 0 Å². The third kappa shape index (κ3) is 2.90. The van der Waals surface area contributed by atoms with Crippen molar-refractivity contribution < 1.29 is 56.7 Å². The molecule has 4 aliphatic rings. The van der Waals surface area contributed by atoms with Crippen LogP contribution in [0.4, 0.5) is 17.6 Å². The van der Waals surface area contributed by atoms with Gasteiger partial charge >= 0.3 is 35.5 Å². The van der Waals surface area contributed by atoms with Crippen molar-refractivity contribution in [2.75, 3.05) is 0 Å². The van der Waals surface area contributed by atoms with Crippen molar-refractivity contribution in [1.29, 1.82) is 0 Å². The summed E-state index contributed by atoms with van der Waals surface area (Å²) in [5.74, 6) is -6.89. The fourth-order valence-electron chi connectivity index (χ4n) is 5.11. The van der Waals surface area contributed by atoms with E-state index in [9.17, 15) is 22.4 Å². The molecule has 0 aromatic heterocycles. The Balaban J connectivity index is 0.00000169. The molecule has 1 aromatic carbocycles. The molecule has 7 heteroatoms. The van der Waals surface area contributed by atoms with Crippen molar-refractivity contribution in [3.05, 3.63) is 34.9 Å². The van der Waals surface area contributed by atoms with Crippen LogP contribution in [0.1, 0.15) is 48.9 Å². The average Bonchev–Trinajstić information content (AvgIpc) is 2.43.